The Hall–Kier alpha value is -1.75. The van der Waals surface area contributed by atoms with Gasteiger partial charge in [-0.2, -0.15) is 0 Å². The van der Waals surface area contributed by atoms with E-state index in [4.69, 9.17) is 5.41 Å². The van der Waals surface area contributed by atoms with Crippen LogP contribution in [0.5, 0.6) is 0 Å². The van der Waals surface area contributed by atoms with E-state index in [0.717, 1.165) is 24.5 Å². The molecule has 1 aromatic rings. The number of allylic oxidation sites excluding steroid dienone is 4. The Kier molecular flexibility index (Phi) is 4.52. The monoisotopic (exact) mass is 315 g/mol. The van der Waals surface area contributed by atoms with Crippen LogP contribution in [0.1, 0.15) is 43.1 Å². The molecule has 2 aliphatic rings. The van der Waals surface area contributed by atoms with Gasteiger partial charge in [0.25, 0.3) is 5.91 Å². The second-order valence-electron chi connectivity index (χ2n) is 6.17. The summed E-state index contributed by atoms with van der Waals surface area (Å²) in [4.78, 5) is 16.0. The highest BCUT2D eigenvalue weighted by molar-refractivity contribution is 7.07. The van der Waals surface area contributed by atoms with Crippen LogP contribution in [0, 0.1) is 23.2 Å². The van der Waals surface area contributed by atoms with E-state index in [0.29, 0.717) is 11.6 Å². The first-order chi connectivity index (χ1) is 10.7. The van der Waals surface area contributed by atoms with Gasteiger partial charge in [-0.3, -0.25) is 4.79 Å². The maximum Gasteiger partial charge on any atom is 0.274 e. The zero-order chi connectivity index (χ0) is 15.5. The van der Waals surface area contributed by atoms with Gasteiger partial charge in [0.2, 0.25) is 0 Å². The van der Waals surface area contributed by atoms with Gasteiger partial charge in [0.05, 0.1) is 5.51 Å². The van der Waals surface area contributed by atoms with Crippen molar-refractivity contribution in [2.24, 2.45) is 17.8 Å². The maximum atomic E-state index is 12.0. The molecule has 0 saturated heterocycles. The largest absolute Gasteiger partial charge is 0.324 e. The van der Waals surface area contributed by atoms with Crippen LogP contribution in [0.3, 0.4) is 0 Å². The van der Waals surface area contributed by atoms with E-state index >= 15 is 0 Å². The number of nitrogens with zero attached hydrogens (tertiary/aromatic N) is 1. The molecular weight excluding hydrogens is 294 g/mol. The maximum absolute atomic E-state index is 12.0. The Morgan fingerprint density at radius 3 is 2.82 bits per heavy atom. The van der Waals surface area contributed by atoms with Gasteiger partial charge in [0, 0.05) is 23.2 Å². The Bertz CT molecular complexity index is 618. The topological polar surface area (TPSA) is 65.8 Å². The first-order valence-electron chi connectivity index (χ1n) is 7.78. The number of carbonyl (C=O) groups excluding carboxylic acids is 1. The molecule has 5 heteroatoms. The van der Waals surface area contributed by atoms with Gasteiger partial charge in [0.1, 0.15) is 5.69 Å². The highest BCUT2D eigenvalue weighted by Crippen LogP contribution is 2.42. The number of hydrogen-bond donors (Lipinski definition) is 2. The lowest BCUT2D eigenvalue weighted by Crippen LogP contribution is -2.33. The Balaban J connectivity index is 1.65. The molecule has 1 amide bonds. The first-order valence-corrected chi connectivity index (χ1v) is 8.73. The standard InChI is InChI=1S/C17H21N3OS/c1-11-2-7-14(11)15(8-18)12-3-5-13(6-4-12)20-17(21)16-9-22-10-19-16/h3,5,8-11,14-15,18H,2,4,6-7H2,1H3,(H,20,21). The van der Waals surface area contributed by atoms with Crippen molar-refractivity contribution in [1.82, 2.24) is 10.3 Å². The fourth-order valence-corrected chi connectivity index (χ4v) is 3.83. The summed E-state index contributed by atoms with van der Waals surface area (Å²) >= 11 is 1.42. The van der Waals surface area contributed by atoms with E-state index in [1.54, 1.807) is 17.1 Å². The Morgan fingerprint density at radius 2 is 2.32 bits per heavy atom. The third kappa shape index (κ3) is 3.04. The van der Waals surface area contributed by atoms with Crippen LogP contribution in [0.2, 0.25) is 0 Å². The number of thiazole rings is 1. The molecule has 2 aliphatic carbocycles. The van der Waals surface area contributed by atoms with Crippen LogP contribution < -0.4 is 5.32 Å². The SMILES string of the molecule is CC1CCC1C(C=N)C1=CC=C(NC(=O)c2cscn2)CC1. The number of aromatic nitrogens is 1. The average Bonchev–Trinajstić information content (AvgIpc) is 3.06. The molecule has 2 N–H and O–H groups in total. The van der Waals surface area contributed by atoms with Gasteiger partial charge < -0.3 is 10.7 Å². The summed E-state index contributed by atoms with van der Waals surface area (Å²) in [7, 11) is 0. The fraction of sp³-hybridized carbons (Fsp3) is 0.471. The van der Waals surface area contributed by atoms with E-state index in [-0.39, 0.29) is 11.8 Å². The van der Waals surface area contributed by atoms with E-state index < -0.39 is 0 Å². The fourth-order valence-electron chi connectivity index (χ4n) is 3.30. The summed E-state index contributed by atoms with van der Waals surface area (Å²) < 4.78 is 0. The molecule has 116 valence electrons. The quantitative estimate of drug-likeness (QED) is 0.812. The highest BCUT2D eigenvalue weighted by Gasteiger charge is 2.34. The highest BCUT2D eigenvalue weighted by atomic mass is 32.1. The molecule has 1 heterocycles. The van der Waals surface area contributed by atoms with Crippen molar-refractivity contribution in [1.29, 1.82) is 5.41 Å². The zero-order valence-corrected chi connectivity index (χ0v) is 13.5. The number of hydrogen-bond acceptors (Lipinski definition) is 4. The predicted octanol–water partition coefficient (Wildman–Crippen LogP) is 3.79. The number of amides is 1. The molecule has 4 nitrogen and oxygen atoms in total. The minimum Gasteiger partial charge on any atom is -0.324 e. The molecule has 0 aliphatic heterocycles. The van der Waals surface area contributed by atoms with Crippen molar-refractivity contribution in [3.8, 4) is 0 Å². The van der Waals surface area contributed by atoms with Crippen LogP contribution in [-0.2, 0) is 0 Å². The van der Waals surface area contributed by atoms with Crippen molar-refractivity contribution in [2.75, 3.05) is 0 Å². The number of carbonyl (C=O) groups is 1. The molecule has 1 aromatic heterocycles. The Labute approximate surface area is 134 Å². The Morgan fingerprint density at radius 1 is 1.45 bits per heavy atom. The van der Waals surface area contributed by atoms with Gasteiger partial charge in [0.15, 0.2) is 0 Å². The molecule has 0 aromatic carbocycles. The van der Waals surface area contributed by atoms with Gasteiger partial charge in [-0.1, -0.05) is 25.0 Å². The molecule has 0 spiro atoms. The predicted molar refractivity (Wildman–Crippen MR) is 89.1 cm³/mol. The molecule has 3 rings (SSSR count). The van der Waals surface area contributed by atoms with Crippen LogP contribution in [0.15, 0.2) is 34.3 Å². The summed E-state index contributed by atoms with van der Waals surface area (Å²) in [6.07, 6.45) is 9.96. The van der Waals surface area contributed by atoms with Crippen molar-refractivity contribution >= 4 is 23.5 Å². The molecule has 22 heavy (non-hydrogen) atoms. The zero-order valence-electron chi connectivity index (χ0n) is 12.7. The van der Waals surface area contributed by atoms with E-state index in [9.17, 15) is 4.79 Å². The third-order valence-electron chi connectivity index (χ3n) is 4.88. The third-order valence-corrected chi connectivity index (χ3v) is 5.46. The van der Waals surface area contributed by atoms with Gasteiger partial charge in [-0.15, -0.1) is 11.3 Å². The van der Waals surface area contributed by atoms with Crippen molar-refractivity contribution in [3.05, 3.63) is 40.0 Å². The summed E-state index contributed by atoms with van der Waals surface area (Å²) in [6.45, 7) is 2.28. The van der Waals surface area contributed by atoms with Crippen LogP contribution in [0.25, 0.3) is 0 Å². The van der Waals surface area contributed by atoms with Crippen LogP contribution in [-0.4, -0.2) is 17.1 Å². The molecule has 1 saturated carbocycles. The minimum atomic E-state index is -0.138. The lowest BCUT2D eigenvalue weighted by Gasteiger charge is -2.40. The van der Waals surface area contributed by atoms with E-state index in [1.807, 2.05) is 6.08 Å². The molecule has 0 bridgehead atoms. The molecule has 1 fully saturated rings. The van der Waals surface area contributed by atoms with Gasteiger partial charge >= 0.3 is 0 Å². The van der Waals surface area contributed by atoms with Crippen LogP contribution >= 0.6 is 11.3 Å². The first kappa shape index (κ1) is 15.2. The van der Waals surface area contributed by atoms with E-state index in [2.05, 4.69) is 23.3 Å². The number of rotatable bonds is 5. The van der Waals surface area contributed by atoms with Crippen molar-refractivity contribution < 1.29 is 4.79 Å². The molecular formula is C17H21N3OS. The molecule has 0 radical (unpaired) electrons. The molecule has 3 unspecified atom stereocenters. The van der Waals surface area contributed by atoms with Crippen molar-refractivity contribution in [3.63, 3.8) is 0 Å². The second-order valence-corrected chi connectivity index (χ2v) is 6.89. The smallest absolute Gasteiger partial charge is 0.274 e. The van der Waals surface area contributed by atoms with E-state index in [1.165, 1.54) is 29.8 Å². The summed E-state index contributed by atoms with van der Waals surface area (Å²) in [5, 5.41) is 12.4. The normalized spacial score (nSPS) is 25.5. The van der Waals surface area contributed by atoms with Crippen LogP contribution in [0.4, 0.5) is 0 Å². The van der Waals surface area contributed by atoms with Gasteiger partial charge in [-0.05, 0) is 37.2 Å². The van der Waals surface area contributed by atoms with Crippen molar-refractivity contribution in [2.45, 2.75) is 32.6 Å². The second kappa shape index (κ2) is 6.57. The number of nitrogens with one attached hydrogen (secondary N) is 2. The average molecular weight is 315 g/mol. The summed E-state index contributed by atoms with van der Waals surface area (Å²) in [6, 6.07) is 0. The summed E-state index contributed by atoms with van der Waals surface area (Å²) in [5.41, 5.74) is 4.41. The molecule has 3 atom stereocenters. The van der Waals surface area contributed by atoms with Gasteiger partial charge in [-0.25, -0.2) is 4.98 Å². The minimum absolute atomic E-state index is 0.138. The lowest BCUT2D eigenvalue weighted by molar-refractivity contribution is 0.0960. The lowest BCUT2D eigenvalue weighted by atomic mass is 9.65. The summed E-state index contributed by atoms with van der Waals surface area (Å²) in [5.74, 6) is 1.49.